The summed E-state index contributed by atoms with van der Waals surface area (Å²) in [5.74, 6) is -0.411. The minimum atomic E-state index is -3.69. The molecule has 2 N–H and O–H groups in total. The number of sulfonamides is 1. The van der Waals surface area contributed by atoms with Crippen LogP contribution in [0.2, 0.25) is 0 Å². The third-order valence-corrected chi connectivity index (χ3v) is 7.23. The fourth-order valence-electron chi connectivity index (χ4n) is 4.66. The third-order valence-electron chi connectivity index (χ3n) is 6.68. The molecule has 0 aliphatic carbocycles. The lowest BCUT2D eigenvalue weighted by atomic mass is 9.97. The van der Waals surface area contributed by atoms with Crippen molar-refractivity contribution in [1.82, 2.24) is 10.0 Å². The molecule has 1 aliphatic heterocycles. The summed E-state index contributed by atoms with van der Waals surface area (Å²) in [6.07, 6.45) is 7.74. The molecule has 0 radical (unpaired) electrons. The SMILES string of the molecule is CCCC[C@@H](NC(=O)Cc1ccc(OC(C)(C)C(=O)NS(C)(=O)=O)cc1)c1ccccc1N1CCCCC1. The monoisotopic (exact) mass is 543 g/mol. The quantitative estimate of drug-likeness (QED) is 0.409. The van der Waals surface area contributed by atoms with Crippen LogP contribution in [0.5, 0.6) is 5.75 Å². The predicted molar refractivity (Wildman–Crippen MR) is 151 cm³/mol. The van der Waals surface area contributed by atoms with Crippen molar-refractivity contribution in [2.24, 2.45) is 0 Å². The number of hydrogen-bond donors (Lipinski definition) is 2. The zero-order valence-corrected chi connectivity index (χ0v) is 23.8. The molecule has 9 heteroatoms. The van der Waals surface area contributed by atoms with Crippen molar-refractivity contribution in [2.75, 3.05) is 24.2 Å². The van der Waals surface area contributed by atoms with Gasteiger partial charge in [-0.15, -0.1) is 0 Å². The van der Waals surface area contributed by atoms with E-state index in [1.54, 1.807) is 24.3 Å². The van der Waals surface area contributed by atoms with E-state index in [2.05, 4.69) is 35.3 Å². The molecule has 38 heavy (non-hydrogen) atoms. The molecule has 2 aromatic carbocycles. The summed E-state index contributed by atoms with van der Waals surface area (Å²) in [7, 11) is -3.69. The summed E-state index contributed by atoms with van der Waals surface area (Å²) in [5.41, 5.74) is 1.81. The van der Waals surface area contributed by atoms with Gasteiger partial charge in [0.2, 0.25) is 15.9 Å². The van der Waals surface area contributed by atoms with E-state index in [0.717, 1.165) is 44.2 Å². The normalized spacial score (nSPS) is 15.0. The minimum absolute atomic E-state index is 0.0546. The minimum Gasteiger partial charge on any atom is -0.478 e. The van der Waals surface area contributed by atoms with Crippen LogP contribution < -0.4 is 19.7 Å². The van der Waals surface area contributed by atoms with Gasteiger partial charge in [-0.2, -0.15) is 0 Å². The smallest absolute Gasteiger partial charge is 0.277 e. The van der Waals surface area contributed by atoms with Gasteiger partial charge in [-0.25, -0.2) is 13.1 Å². The summed E-state index contributed by atoms with van der Waals surface area (Å²) in [6.45, 7) is 7.24. The molecule has 0 saturated carbocycles. The number of piperidine rings is 1. The van der Waals surface area contributed by atoms with Crippen LogP contribution in [0.15, 0.2) is 48.5 Å². The number of ether oxygens (including phenoxy) is 1. The van der Waals surface area contributed by atoms with Gasteiger partial charge < -0.3 is 15.0 Å². The average Bonchev–Trinajstić information content (AvgIpc) is 2.87. The highest BCUT2D eigenvalue weighted by Gasteiger charge is 2.32. The molecule has 1 heterocycles. The molecule has 2 amide bonds. The van der Waals surface area contributed by atoms with Crippen molar-refractivity contribution in [2.45, 2.75) is 77.4 Å². The van der Waals surface area contributed by atoms with E-state index in [4.69, 9.17) is 4.74 Å². The van der Waals surface area contributed by atoms with E-state index in [9.17, 15) is 18.0 Å². The number of nitrogens with one attached hydrogen (secondary N) is 2. The van der Waals surface area contributed by atoms with Gasteiger partial charge in [-0.3, -0.25) is 9.59 Å². The topological polar surface area (TPSA) is 105 Å². The molecule has 1 atom stereocenters. The van der Waals surface area contributed by atoms with Gasteiger partial charge in [0.25, 0.3) is 5.91 Å². The first-order chi connectivity index (χ1) is 18.0. The maximum absolute atomic E-state index is 13.1. The molecular weight excluding hydrogens is 502 g/mol. The van der Waals surface area contributed by atoms with E-state index in [1.807, 2.05) is 10.8 Å². The fraction of sp³-hybridized carbons (Fsp3) is 0.517. The largest absolute Gasteiger partial charge is 0.478 e. The van der Waals surface area contributed by atoms with Gasteiger partial charge >= 0.3 is 0 Å². The first-order valence-electron chi connectivity index (χ1n) is 13.4. The Balaban J connectivity index is 1.67. The van der Waals surface area contributed by atoms with Gasteiger partial charge in [0.05, 0.1) is 18.7 Å². The Kier molecular flexibility index (Phi) is 10.2. The van der Waals surface area contributed by atoms with Crippen LogP contribution in [0.25, 0.3) is 0 Å². The lowest BCUT2D eigenvalue weighted by Gasteiger charge is -2.33. The van der Waals surface area contributed by atoms with Crippen LogP contribution in [0.4, 0.5) is 5.69 Å². The van der Waals surface area contributed by atoms with E-state index < -0.39 is 21.5 Å². The molecule has 1 saturated heterocycles. The number of para-hydroxylation sites is 1. The van der Waals surface area contributed by atoms with Gasteiger partial charge in [0.1, 0.15) is 5.75 Å². The molecule has 0 unspecified atom stereocenters. The molecule has 8 nitrogen and oxygen atoms in total. The standard InChI is InChI=1S/C29H41N3O5S/c1-5-6-13-25(24-12-8-9-14-26(24)32-19-10-7-11-20-32)30-27(33)21-22-15-17-23(18-16-22)37-29(2,3)28(34)31-38(4,35)36/h8-9,12,14-18,25H,5-7,10-11,13,19-21H2,1-4H3,(H,30,33)(H,31,34)/t25-/m1/s1. The second kappa shape index (κ2) is 13.1. The van der Waals surface area contributed by atoms with E-state index in [1.165, 1.54) is 44.4 Å². The van der Waals surface area contributed by atoms with Crippen LogP contribution in [-0.4, -0.2) is 45.2 Å². The van der Waals surface area contributed by atoms with Crippen molar-refractivity contribution in [1.29, 1.82) is 0 Å². The van der Waals surface area contributed by atoms with Crippen LogP contribution in [0.3, 0.4) is 0 Å². The van der Waals surface area contributed by atoms with Gasteiger partial charge in [0, 0.05) is 18.8 Å². The van der Waals surface area contributed by atoms with Crippen LogP contribution in [0.1, 0.15) is 76.5 Å². The molecular formula is C29H41N3O5S. The molecule has 1 aliphatic rings. The number of nitrogens with zero attached hydrogens (tertiary/aromatic N) is 1. The zero-order chi connectivity index (χ0) is 27.8. The second-order valence-electron chi connectivity index (χ2n) is 10.5. The summed E-state index contributed by atoms with van der Waals surface area (Å²) < 4.78 is 30.4. The molecule has 0 bridgehead atoms. The van der Waals surface area contributed by atoms with Crippen LogP contribution >= 0.6 is 0 Å². The first-order valence-corrected chi connectivity index (χ1v) is 15.3. The van der Waals surface area contributed by atoms with Crippen molar-refractivity contribution in [3.05, 3.63) is 59.7 Å². The third kappa shape index (κ3) is 8.75. The summed E-state index contributed by atoms with van der Waals surface area (Å²) in [6, 6.07) is 15.3. The Morgan fingerprint density at radius 1 is 1.03 bits per heavy atom. The molecule has 0 spiro atoms. The Labute approximate surface area is 227 Å². The summed E-state index contributed by atoms with van der Waals surface area (Å²) in [5, 5.41) is 3.28. The van der Waals surface area contributed by atoms with Gasteiger partial charge in [-0.05, 0) is 68.9 Å². The number of unbranched alkanes of at least 4 members (excludes halogenated alkanes) is 1. The molecule has 2 aromatic rings. The van der Waals surface area contributed by atoms with Crippen molar-refractivity contribution >= 4 is 27.5 Å². The predicted octanol–water partition coefficient (Wildman–Crippen LogP) is 4.50. The number of carbonyl (C=O) groups is 2. The second-order valence-corrected chi connectivity index (χ2v) is 12.3. The number of rotatable bonds is 12. The molecule has 0 aromatic heterocycles. The maximum atomic E-state index is 13.1. The van der Waals surface area contributed by atoms with E-state index >= 15 is 0 Å². The van der Waals surface area contributed by atoms with E-state index in [-0.39, 0.29) is 18.4 Å². The van der Waals surface area contributed by atoms with Crippen molar-refractivity contribution in [3.8, 4) is 5.75 Å². The molecule has 208 valence electrons. The maximum Gasteiger partial charge on any atom is 0.277 e. The molecule has 1 fully saturated rings. The van der Waals surface area contributed by atoms with E-state index in [0.29, 0.717) is 5.75 Å². The summed E-state index contributed by atoms with van der Waals surface area (Å²) >= 11 is 0. The number of hydrogen-bond acceptors (Lipinski definition) is 6. The molecule has 3 rings (SSSR count). The van der Waals surface area contributed by atoms with Crippen molar-refractivity contribution in [3.63, 3.8) is 0 Å². The number of anilines is 1. The Morgan fingerprint density at radius 2 is 1.68 bits per heavy atom. The number of amides is 2. The highest BCUT2D eigenvalue weighted by molar-refractivity contribution is 7.89. The Hall–Kier alpha value is -3.07. The highest BCUT2D eigenvalue weighted by Crippen LogP contribution is 2.31. The first kappa shape index (κ1) is 29.5. The summed E-state index contributed by atoms with van der Waals surface area (Å²) in [4.78, 5) is 27.8. The number of benzene rings is 2. The average molecular weight is 544 g/mol. The van der Waals surface area contributed by atoms with Crippen LogP contribution in [0, 0.1) is 0 Å². The highest BCUT2D eigenvalue weighted by atomic mass is 32.2. The fourth-order valence-corrected chi connectivity index (χ4v) is 5.24. The Bertz CT molecular complexity index is 1190. The number of carbonyl (C=O) groups excluding carboxylic acids is 2. The van der Waals surface area contributed by atoms with Gasteiger partial charge in [0.15, 0.2) is 5.60 Å². The zero-order valence-electron chi connectivity index (χ0n) is 23.0. The van der Waals surface area contributed by atoms with Gasteiger partial charge in [-0.1, -0.05) is 50.1 Å². The lowest BCUT2D eigenvalue weighted by Crippen LogP contribution is -2.48. The van der Waals surface area contributed by atoms with Crippen LogP contribution in [-0.2, 0) is 26.0 Å². The van der Waals surface area contributed by atoms with Crippen molar-refractivity contribution < 1.29 is 22.7 Å². The lowest BCUT2D eigenvalue weighted by molar-refractivity contribution is -0.132. The Morgan fingerprint density at radius 3 is 2.32 bits per heavy atom.